The van der Waals surface area contributed by atoms with Gasteiger partial charge in [0, 0.05) is 25.9 Å². The minimum absolute atomic E-state index is 0.0907. The van der Waals surface area contributed by atoms with Crippen LogP contribution in [0.4, 0.5) is 5.69 Å². The minimum Gasteiger partial charge on any atom is -0.378 e. The summed E-state index contributed by atoms with van der Waals surface area (Å²) in [6.07, 6.45) is 1.05. The Balaban J connectivity index is 2.48. The van der Waals surface area contributed by atoms with Gasteiger partial charge in [-0.2, -0.15) is 0 Å². The van der Waals surface area contributed by atoms with Crippen molar-refractivity contribution in [3.8, 4) is 0 Å². The van der Waals surface area contributed by atoms with Crippen LogP contribution >= 0.6 is 23.2 Å². The second-order valence-electron chi connectivity index (χ2n) is 4.32. The maximum Gasteiger partial charge on any atom is 0.206 e. The first-order valence-electron chi connectivity index (χ1n) is 5.55. The summed E-state index contributed by atoms with van der Waals surface area (Å²) in [4.78, 5) is 25.5. The van der Waals surface area contributed by atoms with Crippen LogP contribution in [0.25, 0.3) is 5.57 Å². The molecule has 98 valence electrons. The molecular weight excluding hydrogens is 285 g/mol. The summed E-state index contributed by atoms with van der Waals surface area (Å²) in [6.45, 7) is 0. The Kier molecular flexibility index (Phi) is 3.78. The summed E-state index contributed by atoms with van der Waals surface area (Å²) in [5.41, 5.74) is 1.72. The fourth-order valence-corrected chi connectivity index (χ4v) is 2.21. The number of halogens is 2. The molecule has 2 rings (SSSR count). The molecule has 0 bridgehead atoms. The highest BCUT2D eigenvalue weighted by Crippen LogP contribution is 2.32. The maximum absolute atomic E-state index is 12.0. The van der Waals surface area contributed by atoms with Crippen molar-refractivity contribution in [1.82, 2.24) is 0 Å². The van der Waals surface area contributed by atoms with E-state index >= 15 is 0 Å². The maximum atomic E-state index is 12.0. The predicted molar refractivity (Wildman–Crippen MR) is 77.5 cm³/mol. The van der Waals surface area contributed by atoms with E-state index in [1.54, 1.807) is 12.1 Å². The number of ketones is 2. The van der Waals surface area contributed by atoms with Crippen molar-refractivity contribution >= 4 is 46.0 Å². The first kappa shape index (κ1) is 13.8. The van der Waals surface area contributed by atoms with Crippen LogP contribution in [0, 0.1) is 0 Å². The quantitative estimate of drug-likeness (QED) is 0.787. The van der Waals surface area contributed by atoms with Gasteiger partial charge >= 0.3 is 0 Å². The third kappa shape index (κ3) is 2.57. The molecule has 3 nitrogen and oxygen atoms in total. The van der Waals surface area contributed by atoms with Gasteiger partial charge in [0.25, 0.3) is 0 Å². The van der Waals surface area contributed by atoms with Gasteiger partial charge in [0.2, 0.25) is 5.78 Å². The van der Waals surface area contributed by atoms with Gasteiger partial charge in [-0.05, 0) is 17.7 Å². The van der Waals surface area contributed by atoms with Crippen LogP contribution in [0.3, 0.4) is 0 Å². The van der Waals surface area contributed by atoms with Crippen molar-refractivity contribution < 1.29 is 9.59 Å². The Morgan fingerprint density at radius 2 is 1.58 bits per heavy atom. The Morgan fingerprint density at radius 3 is 2.11 bits per heavy atom. The molecule has 0 atom stereocenters. The van der Waals surface area contributed by atoms with Gasteiger partial charge in [0.05, 0.1) is 15.6 Å². The topological polar surface area (TPSA) is 37.4 Å². The van der Waals surface area contributed by atoms with Crippen molar-refractivity contribution in [1.29, 1.82) is 0 Å². The lowest BCUT2D eigenvalue weighted by Gasteiger charge is -2.15. The summed E-state index contributed by atoms with van der Waals surface area (Å²) < 4.78 is 0. The van der Waals surface area contributed by atoms with Gasteiger partial charge < -0.3 is 4.90 Å². The Labute approximate surface area is 121 Å². The van der Waals surface area contributed by atoms with Gasteiger partial charge in [-0.1, -0.05) is 35.3 Å². The Morgan fingerprint density at radius 1 is 1.00 bits per heavy atom. The van der Waals surface area contributed by atoms with Crippen LogP contribution in [0.5, 0.6) is 0 Å². The average Bonchev–Trinajstić information content (AvgIpc) is 2.37. The molecular formula is C14H11Cl2NO2. The number of anilines is 1. The summed E-state index contributed by atoms with van der Waals surface area (Å²) in [7, 11) is 3.83. The van der Waals surface area contributed by atoms with E-state index < -0.39 is 11.6 Å². The van der Waals surface area contributed by atoms with E-state index in [0.717, 1.165) is 11.8 Å². The standard InChI is InChI=1S/C14H11Cl2NO2/c1-17(2)9-5-3-8(4-6-9)12-13(16)11(18)7-10(15)14(12)19/h3-7H,1-2H3. The third-order valence-electron chi connectivity index (χ3n) is 2.81. The van der Waals surface area contributed by atoms with Crippen LogP contribution in [0.1, 0.15) is 5.56 Å². The smallest absolute Gasteiger partial charge is 0.206 e. The number of rotatable bonds is 2. The van der Waals surface area contributed by atoms with E-state index in [1.807, 2.05) is 31.1 Å². The SMILES string of the molecule is CN(C)c1ccc(C2=C(Cl)C(=O)C=C(Cl)C2=O)cc1. The van der Waals surface area contributed by atoms with Gasteiger partial charge in [-0.15, -0.1) is 0 Å². The van der Waals surface area contributed by atoms with Crippen LogP contribution in [0.15, 0.2) is 40.4 Å². The molecule has 0 saturated heterocycles. The van der Waals surface area contributed by atoms with Crippen LogP contribution in [0.2, 0.25) is 0 Å². The number of hydrogen-bond acceptors (Lipinski definition) is 3. The number of hydrogen-bond donors (Lipinski definition) is 0. The van der Waals surface area contributed by atoms with E-state index in [4.69, 9.17) is 23.2 Å². The summed E-state index contributed by atoms with van der Waals surface area (Å²) >= 11 is 11.7. The highest BCUT2D eigenvalue weighted by atomic mass is 35.5. The number of benzene rings is 1. The van der Waals surface area contributed by atoms with Crippen molar-refractivity contribution in [2.75, 3.05) is 19.0 Å². The fourth-order valence-electron chi connectivity index (χ4n) is 1.77. The fraction of sp³-hybridized carbons (Fsp3) is 0.143. The monoisotopic (exact) mass is 295 g/mol. The molecule has 0 unspecified atom stereocenters. The zero-order valence-corrected chi connectivity index (χ0v) is 11.9. The Bertz CT molecular complexity index is 613. The van der Waals surface area contributed by atoms with E-state index in [0.29, 0.717) is 5.56 Å². The molecule has 0 spiro atoms. The normalized spacial score (nSPS) is 15.7. The first-order chi connectivity index (χ1) is 8.91. The summed E-state index contributed by atoms with van der Waals surface area (Å²) in [5, 5.41) is -0.201. The molecule has 0 N–H and O–H groups in total. The van der Waals surface area contributed by atoms with E-state index in [9.17, 15) is 9.59 Å². The van der Waals surface area contributed by atoms with E-state index in [2.05, 4.69) is 0 Å². The van der Waals surface area contributed by atoms with Gasteiger partial charge in [0.15, 0.2) is 5.78 Å². The van der Waals surface area contributed by atoms with Crippen molar-refractivity contribution in [3.63, 3.8) is 0 Å². The third-order valence-corrected chi connectivity index (χ3v) is 3.47. The van der Waals surface area contributed by atoms with Crippen molar-refractivity contribution in [2.45, 2.75) is 0 Å². The number of carbonyl (C=O) groups excluding carboxylic acids is 2. The number of nitrogens with zero attached hydrogens (tertiary/aromatic N) is 1. The molecule has 1 aliphatic carbocycles. The van der Waals surface area contributed by atoms with Crippen LogP contribution < -0.4 is 4.90 Å². The van der Waals surface area contributed by atoms with Crippen LogP contribution in [-0.2, 0) is 9.59 Å². The second kappa shape index (κ2) is 5.19. The van der Waals surface area contributed by atoms with Gasteiger partial charge in [-0.3, -0.25) is 9.59 Å². The van der Waals surface area contributed by atoms with E-state index in [-0.39, 0.29) is 15.6 Å². The number of Topliss-reactive ketones (excluding diaryl/α,β-unsaturated/α-hetero) is 1. The lowest BCUT2D eigenvalue weighted by molar-refractivity contribution is -0.113. The first-order valence-corrected chi connectivity index (χ1v) is 6.31. The van der Waals surface area contributed by atoms with Gasteiger partial charge in [-0.25, -0.2) is 0 Å². The predicted octanol–water partition coefficient (Wildman–Crippen LogP) is 2.98. The minimum atomic E-state index is -0.446. The number of allylic oxidation sites excluding steroid dienone is 4. The highest BCUT2D eigenvalue weighted by Gasteiger charge is 2.27. The molecule has 0 radical (unpaired) electrons. The summed E-state index contributed by atoms with van der Waals surface area (Å²) in [6, 6.07) is 7.17. The molecule has 0 fully saturated rings. The molecule has 19 heavy (non-hydrogen) atoms. The zero-order valence-electron chi connectivity index (χ0n) is 10.4. The van der Waals surface area contributed by atoms with Crippen molar-refractivity contribution in [2.24, 2.45) is 0 Å². The van der Waals surface area contributed by atoms with Crippen LogP contribution in [-0.4, -0.2) is 25.7 Å². The summed E-state index contributed by atoms with van der Waals surface area (Å²) in [5.74, 6) is -0.873. The molecule has 0 aliphatic heterocycles. The molecule has 0 aromatic heterocycles. The van der Waals surface area contributed by atoms with Gasteiger partial charge in [0.1, 0.15) is 0 Å². The molecule has 1 aromatic carbocycles. The zero-order chi connectivity index (χ0) is 14.2. The van der Waals surface area contributed by atoms with Crippen molar-refractivity contribution in [3.05, 3.63) is 46.0 Å². The molecule has 0 amide bonds. The largest absolute Gasteiger partial charge is 0.378 e. The molecule has 5 heteroatoms. The lowest BCUT2D eigenvalue weighted by atomic mass is 9.95. The molecule has 0 heterocycles. The molecule has 1 aliphatic rings. The average molecular weight is 296 g/mol. The molecule has 0 saturated carbocycles. The second-order valence-corrected chi connectivity index (χ2v) is 5.10. The van der Waals surface area contributed by atoms with E-state index in [1.165, 1.54) is 0 Å². The Hall–Kier alpha value is -1.58. The highest BCUT2D eigenvalue weighted by molar-refractivity contribution is 6.61. The number of carbonyl (C=O) groups is 2. The lowest BCUT2D eigenvalue weighted by Crippen LogP contribution is -2.14. The molecule has 1 aromatic rings.